The summed E-state index contributed by atoms with van der Waals surface area (Å²) in [6, 6.07) is 0.424. The van der Waals surface area contributed by atoms with Crippen molar-refractivity contribution in [3.63, 3.8) is 0 Å². The molecule has 3 aliphatic carbocycles. The van der Waals surface area contributed by atoms with Crippen molar-refractivity contribution in [2.75, 3.05) is 7.05 Å². The minimum absolute atomic E-state index is 0.204. The van der Waals surface area contributed by atoms with Crippen LogP contribution >= 0.6 is 0 Å². The lowest BCUT2D eigenvalue weighted by Crippen LogP contribution is -2.59. The monoisotopic (exact) mass is 329 g/mol. The van der Waals surface area contributed by atoms with Gasteiger partial charge in [0.2, 0.25) is 5.91 Å². The molecule has 7 unspecified atom stereocenters. The SMILES string of the molecule is CCCC1CCC2C3CCC4N(C)C(=O)C=CC4(C)C3CCC12C. The standard InChI is InChI=1S/C22H35NO/c1-5-6-15-7-9-17-16-8-10-19-22(3,14-12-20(24)23(19)4)18(16)11-13-21(15,17)2/h12,14-19H,5-11,13H2,1-4H3. The zero-order valence-electron chi connectivity index (χ0n) is 16.1. The molecule has 1 aliphatic heterocycles. The van der Waals surface area contributed by atoms with Crippen LogP contribution < -0.4 is 0 Å². The van der Waals surface area contributed by atoms with E-state index in [-0.39, 0.29) is 11.3 Å². The molecule has 0 N–H and O–H groups in total. The van der Waals surface area contributed by atoms with Crippen molar-refractivity contribution in [3.05, 3.63) is 12.2 Å². The average Bonchev–Trinajstić information content (AvgIpc) is 2.89. The van der Waals surface area contributed by atoms with Gasteiger partial charge in [0.15, 0.2) is 0 Å². The summed E-state index contributed by atoms with van der Waals surface area (Å²) in [6.45, 7) is 7.44. The van der Waals surface area contributed by atoms with Crippen molar-refractivity contribution in [1.82, 2.24) is 4.90 Å². The summed E-state index contributed by atoms with van der Waals surface area (Å²) < 4.78 is 0. The number of likely N-dealkylation sites (N-methyl/N-ethyl adjacent to an activating group) is 1. The van der Waals surface area contributed by atoms with Gasteiger partial charge < -0.3 is 4.90 Å². The van der Waals surface area contributed by atoms with E-state index in [1.165, 1.54) is 51.4 Å². The second kappa shape index (κ2) is 5.61. The fourth-order valence-electron chi connectivity index (χ4n) is 7.67. The first-order chi connectivity index (χ1) is 11.4. The van der Waals surface area contributed by atoms with E-state index in [0.29, 0.717) is 11.5 Å². The molecule has 4 rings (SSSR count). The molecule has 1 heterocycles. The molecule has 2 heteroatoms. The lowest BCUT2D eigenvalue weighted by molar-refractivity contribution is -0.138. The van der Waals surface area contributed by atoms with Crippen LogP contribution in [0.2, 0.25) is 0 Å². The number of fused-ring (bicyclic) bond motifs is 5. The molecule has 3 saturated carbocycles. The normalized spacial score (nSPS) is 50.4. The highest BCUT2D eigenvalue weighted by Crippen LogP contribution is 2.66. The van der Waals surface area contributed by atoms with Gasteiger partial charge in [-0.25, -0.2) is 0 Å². The second-order valence-electron chi connectivity index (χ2n) is 9.73. The van der Waals surface area contributed by atoms with Crippen LogP contribution in [0.4, 0.5) is 0 Å². The summed E-state index contributed by atoms with van der Waals surface area (Å²) >= 11 is 0. The third-order valence-electron chi connectivity index (χ3n) is 8.96. The van der Waals surface area contributed by atoms with E-state index < -0.39 is 0 Å². The quantitative estimate of drug-likeness (QED) is 0.695. The number of nitrogens with zero attached hydrogens (tertiary/aromatic N) is 1. The highest BCUT2D eigenvalue weighted by atomic mass is 16.2. The molecule has 7 atom stereocenters. The molecule has 2 nitrogen and oxygen atoms in total. The predicted octanol–water partition coefficient (Wildman–Crippen LogP) is 5.04. The third-order valence-corrected chi connectivity index (χ3v) is 8.96. The highest BCUT2D eigenvalue weighted by Gasteiger charge is 2.59. The number of hydrogen-bond acceptors (Lipinski definition) is 1. The van der Waals surface area contributed by atoms with Gasteiger partial charge in [0.25, 0.3) is 0 Å². The molecule has 0 spiro atoms. The van der Waals surface area contributed by atoms with Crippen molar-refractivity contribution in [2.45, 2.75) is 78.2 Å². The number of carbonyl (C=O) groups excluding carboxylic acids is 1. The van der Waals surface area contributed by atoms with Crippen molar-refractivity contribution >= 4 is 5.91 Å². The summed E-state index contributed by atoms with van der Waals surface area (Å²) in [7, 11) is 2.02. The molecule has 0 bridgehead atoms. The van der Waals surface area contributed by atoms with Gasteiger partial charge in [-0.05, 0) is 73.7 Å². The van der Waals surface area contributed by atoms with E-state index in [1.54, 1.807) is 0 Å². The van der Waals surface area contributed by atoms with E-state index in [9.17, 15) is 4.79 Å². The zero-order chi connectivity index (χ0) is 17.1. The lowest BCUT2D eigenvalue weighted by atomic mass is 9.47. The fraction of sp³-hybridized carbons (Fsp3) is 0.864. The average molecular weight is 330 g/mol. The van der Waals surface area contributed by atoms with Crippen LogP contribution in [0.3, 0.4) is 0 Å². The van der Waals surface area contributed by atoms with Gasteiger partial charge in [-0.3, -0.25) is 4.79 Å². The van der Waals surface area contributed by atoms with Gasteiger partial charge in [0, 0.05) is 18.5 Å². The van der Waals surface area contributed by atoms with Gasteiger partial charge >= 0.3 is 0 Å². The van der Waals surface area contributed by atoms with Crippen molar-refractivity contribution < 1.29 is 4.79 Å². The molecular weight excluding hydrogens is 294 g/mol. The molecule has 0 aromatic heterocycles. The van der Waals surface area contributed by atoms with Crippen LogP contribution in [0.1, 0.15) is 72.1 Å². The van der Waals surface area contributed by atoms with Gasteiger partial charge in [-0.2, -0.15) is 0 Å². The third kappa shape index (κ3) is 2.10. The maximum Gasteiger partial charge on any atom is 0.246 e. The van der Waals surface area contributed by atoms with Crippen LogP contribution in [0.15, 0.2) is 12.2 Å². The highest BCUT2D eigenvalue weighted by molar-refractivity contribution is 5.89. The minimum atomic E-state index is 0.204. The maximum absolute atomic E-state index is 12.1. The van der Waals surface area contributed by atoms with E-state index >= 15 is 0 Å². The topological polar surface area (TPSA) is 20.3 Å². The van der Waals surface area contributed by atoms with Crippen molar-refractivity contribution in [3.8, 4) is 0 Å². The van der Waals surface area contributed by atoms with Crippen molar-refractivity contribution in [1.29, 1.82) is 0 Å². The number of amides is 1. The smallest absolute Gasteiger partial charge is 0.246 e. The Morgan fingerprint density at radius 2 is 1.92 bits per heavy atom. The van der Waals surface area contributed by atoms with Gasteiger partial charge in [0.05, 0.1) is 0 Å². The largest absolute Gasteiger partial charge is 0.338 e. The van der Waals surface area contributed by atoms with E-state index in [2.05, 4.69) is 26.8 Å². The first kappa shape index (κ1) is 16.7. The minimum Gasteiger partial charge on any atom is -0.338 e. The van der Waals surface area contributed by atoms with E-state index in [0.717, 1.165) is 23.7 Å². The van der Waals surface area contributed by atoms with E-state index in [4.69, 9.17) is 0 Å². The summed E-state index contributed by atoms with van der Waals surface area (Å²) in [5.41, 5.74) is 0.802. The Morgan fingerprint density at radius 1 is 1.12 bits per heavy atom. The summed E-state index contributed by atoms with van der Waals surface area (Å²) in [6.07, 6.45) is 15.2. The van der Waals surface area contributed by atoms with E-state index in [1.807, 2.05) is 18.0 Å². The molecule has 3 fully saturated rings. The molecule has 24 heavy (non-hydrogen) atoms. The Labute approximate surface area is 148 Å². The Bertz CT molecular complexity index is 554. The molecule has 134 valence electrons. The molecule has 0 aromatic carbocycles. The summed E-state index contributed by atoms with van der Waals surface area (Å²) in [5.74, 6) is 3.77. The van der Waals surface area contributed by atoms with Gasteiger partial charge in [-0.1, -0.05) is 39.7 Å². The lowest BCUT2D eigenvalue weighted by Gasteiger charge is -2.60. The molecule has 0 aromatic rings. The Morgan fingerprint density at radius 3 is 2.67 bits per heavy atom. The summed E-state index contributed by atoms with van der Waals surface area (Å²) in [4.78, 5) is 14.2. The Kier molecular flexibility index (Phi) is 3.89. The number of carbonyl (C=O) groups is 1. The Hall–Kier alpha value is -0.790. The second-order valence-corrected chi connectivity index (χ2v) is 9.73. The molecule has 0 radical (unpaired) electrons. The molecule has 1 amide bonds. The maximum atomic E-state index is 12.1. The van der Waals surface area contributed by atoms with Crippen LogP contribution in [-0.2, 0) is 4.79 Å². The van der Waals surface area contributed by atoms with Crippen LogP contribution in [0.25, 0.3) is 0 Å². The zero-order valence-corrected chi connectivity index (χ0v) is 16.1. The van der Waals surface area contributed by atoms with Crippen molar-refractivity contribution in [2.24, 2.45) is 34.5 Å². The summed E-state index contributed by atoms with van der Waals surface area (Å²) in [5, 5.41) is 0. The fourth-order valence-corrected chi connectivity index (χ4v) is 7.67. The first-order valence-electron chi connectivity index (χ1n) is 10.4. The van der Waals surface area contributed by atoms with Gasteiger partial charge in [-0.15, -0.1) is 0 Å². The first-order valence-corrected chi connectivity index (χ1v) is 10.4. The Balaban J connectivity index is 1.64. The van der Waals surface area contributed by atoms with Crippen LogP contribution in [-0.4, -0.2) is 23.9 Å². The van der Waals surface area contributed by atoms with Crippen LogP contribution in [0.5, 0.6) is 0 Å². The van der Waals surface area contributed by atoms with Gasteiger partial charge in [0.1, 0.15) is 0 Å². The van der Waals surface area contributed by atoms with Crippen LogP contribution in [0, 0.1) is 34.5 Å². The molecule has 4 aliphatic rings. The molecular formula is C22H35NO. The number of hydrogen-bond donors (Lipinski definition) is 0. The predicted molar refractivity (Wildman–Crippen MR) is 98.5 cm³/mol. The number of rotatable bonds is 2. The molecule has 0 saturated heterocycles.